The maximum absolute atomic E-state index is 12.4. The maximum atomic E-state index is 12.4. The summed E-state index contributed by atoms with van der Waals surface area (Å²) in [6.07, 6.45) is 1.35. The number of nitrogens with zero attached hydrogens (tertiary/aromatic N) is 1. The summed E-state index contributed by atoms with van der Waals surface area (Å²) in [7, 11) is 0. The molecule has 0 atom stereocenters. The van der Waals surface area contributed by atoms with Gasteiger partial charge in [-0.1, -0.05) is 18.2 Å². The van der Waals surface area contributed by atoms with Crippen LogP contribution in [0.4, 0.5) is 0 Å². The topological polar surface area (TPSA) is 39.1 Å². The van der Waals surface area contributed by atoms with E-state index < -0.39 is 0 Å². The van der Waals surface area contributed by atoms with E-state index in [4.69, 9.17) is 0 Å². The largest absolute Gasteiger partial charge is 0.304 e. The van der Waals surface area contributed by atoms with E-state index >= 15 is 0 Å². The number of aromatic nitrogens is 1. The third kappa shape index (κ3) is 1.34. The van der Waals surface area contributed by atoms with Crippen molar-refractivity contribution >= 4 is 27.8 Å². The molecule has 0 saturated carbocycles. The molecule has 4 rings (SSSR count). The van der Waals surface area contributed by atoms with Gasteiger partial charge in [0.15, 0.2) is 6.29 Å². The lowest BCUT2D eigenvalue weighted by Gasteiger charge is -2.09. The highest BCUT2D eigenvalue weighted by atomic mass is 32.1. The Morgan fingerprint density at radius 2 is 2.10 bits per heavy atom. The Kier molecular flexibility index (Phi) is 2.26. The van der Waals surface area contributed by atoms with E-state index in [1.165, 1.54) is 0 Å². The Hall–Kier alpha value is -2.20. The molecular weight excluding hydrogens is 270 g/mol. The number of carbonyl (C=O) groups excluding carboxylic acids is 1. The Morgan fingerprint density at radius 3 is 2.90 bits per heavy atom. The van der Waals surface area contributed by atoms with Gasteiger partial charge in [-0.3, -0.25) is 9.59 Å². The molecule has 1 aliphatic rings. The number of rotatable bonds is 1. The second-order valence-corrected chi connectivity index (χ2v) is 6.26. The van der Waals surface area contributed by atoms with Crippen molar-refractivity contribution in [3.63, 3.8) is 0 Å². The summed E-state index contributed by atoms with van der Waals surface area (Å²) in [6, 6.07) is 9.94. The summed E-state index contributed by atoms with van der Waals surface area (Å²) in [5.74, 6) is 0. The molecule has 0 radical (unpaired) electrons. The minimum absolute atomic E-state index is 0.140. The lowest BCUT2D eigenvalue weighted by molar-refractivity contribution is 0.112. The smallest absolute Gasteiger partial charge is 0.201 e. The zero-order chi connectivity index (χ0) is 13.9. The molecule has 3 heterocycles. The van der Waals surface area contributed by atoms with Crippen molar-refractivity contribution in [2.45, 2.75) is 13.3 Å². The molecule has 2 aromatic heterocycles. The van der Waals surface area contributed by atoms with Crippen LogP contribution >= 0.6 is 11.3 Å². The van der Waals surface area contributed by atoms with E-state index in [0.29, 0.717) is 23.7 Å². The molecule has 0 saturated heterocycles. The lowest BCUT2D eigenvalue weighted by Crippen LogP contribution is -2.15. The van der Waals surface area contributed by atoms with Crippen molar-refractivity contribution in [2.24, 2.45) is 0 Å². The molecule has 1 aliphatic heterocycles. The Balaban J connectivity index is 2.26. The van der Waals surface area contributed by atoms with Crippen molar-refractivity contribution in [2.75, 3.05) is 0 Å². The van der Waals surface area contributed by atoms with Gasteiger partial charge >= 0.3 is 0 Å². The normalized spacial score (nSPS) is 12.4. The first-order valence-corrected chi connectivity index (χ1v) is 7.24. The molecule has 0 fully saturated rings. The molecule has 0 spiro atoms. The standard InChI is InChI=1S/C16H11NO2S/c1-9-6-11-15(19)12(8-18)14-7-10-4-2-3-5-13(10)17(14)16(11)20-9/h2-6,8H,7H2,1H3. The summed E-state index contributed by atoms with van der Waals surface area (Å²) in [5, 5.41) is 0.648. The van der Waals surface area contributed by atoms with Crippen molar-refractivity contribution in [1.82, 2.24) is 4.57 Å². The molecule has 98 valence electrons. The van der Waals surface area contributed by atoms with Gasteiger partial charge in [0.2, 0.25) is 5.43 Å². The molecule has 3 nitrogen and oxygen atoms in total. The van der Waals surface area contributed by atoms with E-state index in [9.17, 15) is 9.59 Å². The first-order valence-electron chi connectivity index (χ1n) is 6.42. The van der Waals surface area contributed by atoms with Crippen LogP contribution in [-0.2, 0) is 6.42 Å². The number of aryl methyl sites for hydroxylation is 1. The second-order valence-electron chi connectivity index (χ2n) is 5.02. The summed E-state index contributed by atoms with van der Waals surface area (Å²) >= 11 is 1.60. The van der Waals surface area contributed by atoms with Gasteiger partial charge in [0.1, 0.15) is 4.83 Å². The molecule has 0 aliphatic carbocycles. The van der Waals surface area contributed by atoms with Crippen molar-refractivity contribution < 1.29 is 4.79 Å². The number of hydrogen-bond acceptors (Lipinski definition) is 3. The fraction of sp³-hybridized carbons (Fsp3) is 0.125. The Morgan fingerprint density at radius 1 is 1.30 bits per heavy atom. The average molecular weight is 281 g/mol. The average Bonchev–Trinajstić information content (AvgIpc) is 2.99. The van der Waals surface area contributed by atoms with Crippen LogP contribution in [0.1, 0.15) is 26.5 Å². The summed E-state index contributed by atoms with van der Waals surface area (Å²) in [5.41, 5.74) is 3.22. The molecule has 0 bridgehead atoms. The van der Waals surface area contributed by atoms with Crippen LogP contribution in [0.15, 0.2) is 35.1 Å². The highest BCUT2D eigenvalue weighted by Crippen LogP contribution is 2.35. The SMILES string of the molecule is Cc1cc2c(=O)c(C=O)c3n(c2s1)-c1ccccc1C3. The van der Waals surface area contributed by atoms with Crippen LogP contribution in [0.3, 0.4) is 0 Å². The van der Waals surface area contributed by atoms with E-state index in [1.807, 2.05) is 37.3 Å². The van der Waals surface area contributed by atoms with Gasteiger partial charge in [-0.15, -0.1) is 11.3 Å². The lowest BCUT2D eigenvalue weighted by atomic mass is 10.1. The predicted octanol–water partition coefficient (Wildman–Crippen LogP) is 3.08. The summed E-state index contributed by atoms with van der Waals surface area (Å²) in [4.78, 5) is 25.8. The number of carbonyl (C=O) groups is 1. The monoisotopic (exact) mass is 281 g/mol. The van der Waals surface area contributed by atoms with Gasteiger partial charge in [-0.2, -0.15) is 0 Å². The van der Waals surface area contributed by atoms with E-state index in [-0.39, 0.29) is 5.43 Å². The maximum Gasteiger partial charge on any atom is 0.201 e. The van der Waals surface area contributed by atoms with Crippen molar-refractivity contribution in [3.05, 3.63) is 62.3 Å². The van der Waals surface area contributed by atoms with Gasteiger partial charge in [-0.25, -0.2) is 0 Å². The van der Waals surface area contributed by atoms with Crippen LogP contribution < -0.4 is 5.43 Å². The fourth-order valence-electron chi connectivity index (χ4n) is 2.96. The number of thiophene rings is 1. The molecule has 1 aromatic carbocycles. The fourth-order valence-corrected chi connectivity index (χ4v) is 4.00. The van der Waals surface area contributed by atoms with Gasteiger partial charge < -0.3 is 4.57 Å². The van der Waals surface area contributed by atoms with Gasteiger partial charge in [0.25, 0.3) is 0 Å². The van der Waals surface area contributed by atoms with E-state index in [2.05, 4.69) is 4.57 Å². The number of para-hydroxylation sites is 1. The third-order valence-corrected chi connectivity index (χ3v) is 4.85. The zero-order valence-electron chi connectivity index (χ0n) is 10.8. The van der Waals surface area contributed by atoms with E-state index in [0.717, 1.165) is 26.7 Å². The van der Waals surface area contributed by atoms with Crippen LogP contribution in [0.25, 0.3) is 15.9 Å². The number of fused-ring (bicyclic) bond motifs is 5. The first kappa shape index (κ1) is 11.6. The van der Waals surface area contributed by atoms with E-state index in [1.54, 1.807) is 11.3 Å². The molecule has 0 unspecified atom stereocenters. The number of aldehydes is 1. The quantitative estimate of drug-likeness (QED) is 0.503. The van der Waals surface area contributed by atoms with Gasteiger partial charge in [0, 0.05) is 17.0 Å². The van der Waals surface area contributed by atoms with Crippen molar-refractivity contribution in [3.8, 4) is 5.69 Å². The minimum atomic E-state index is -0.140. The highest BCUT2D eigenvalue weighted by molar-refractivity contribution is 7.18. The first-order chi connectivity index (χ1) is 9.70. The Labute approximate surface area is 119 Å². The second kappa shape index (κ2) is 3.90. The van der Waals surface area contributed by atoms with Crippen LogP contribution in [0, 0.1) is 6.92 Å². The number of pyridine rings is 1. The highest BCUT2D eigenvalue weighted by Gasteiger charge is 2.25. The zero-order valence-corrected chi connectivity index (χ0v) is 11.7. The van der Waals surface area contributed by atoms with Gasteiger partial charge in [0.05, 0.1) is 16.6 Å². The van der Waals surface area contributed by atoms with Crippen LogP contribution in [0.5, 0.6) is 0 Å². The predicted molar refractivity (Wildman–Crippen MR) is 80.4 cm³/mol. The van der Waals surface area contributed by atoms with Crippen molar-refractivity contribution in [1.29, 1.82) is 0 Å². The number of hydrogen-bond donors (Lipinski definition) is 0. The third-order valence-electron chi connectivity index (χ3n) is 3.82. The van der Waals surface area contributed by atoms with Gasteiger partial charge in [-0.05, 0) is 24.6 Å². The molecular formula is C16H11NO2S. The molecule has 3 aromatic rings. The van der Waals surface area contributed by atoms with Crippen LogP contribution in [-0.4, -0.2) is 10.9 Å². The summed E-state index contributed by atoms with van der Waals surface area (Å²) in [6.45, 7) is 1.98. The molecule has 20 heavy (non-hydrogen) atoms. The van der Waals surface area contributed by atoms with Crippen LogP contribution in [0.2, 0.25) is 0 Å². The Bertz CT molecular complexity index is 934. The minimum Gasteiger partial charge on any atom is -0.304 e. The molecule has 4 heteroatoms. The number of benzene rings is 1. The molecule has 0 N–H and O–H groups in total. The summed E-state index contributed by atoms with van der Waals surface area (Å²) < 4.78 is 2.08. The molecule has 0 amide bonds.